The summed E-state index contributed by atoms with van der Waals surface area (Å²) in [7, 11) is 1.76. The standard InChI is InChI=1S/C24H31FN4O2/c1-18-7-6-10-22(26-18)27-23(30)16-28(2)17-24(31)29(21-8-4-3-5-9-21)15-19-11-13-20(25)14-12-19/h6-7,10-14,21H,3-5,8-9,15-17H2,1-2H3,(H,26,27,30). The largest absolute Gasteiger partial charge is 0.334 e. The average molecular weight is 427 g/mol. The van der Waals surface area contributed by atoms with Gasteiger partial charge in [0.15, 0.2) is 0 Å². The van der Waals surface area contributed by atoms with E-state index in [-0.39, 0.29) is 36.8 Å². The van der Waals surface area contributed by atoms with Gasteiger partial charge in [-0.3, -0.25) is 14.5 Å². The molecule has 1 N–H and O–H groups in total. The van der Waals surface area contributed by atoms with Gasteiger partial charge in [-0.25, -0.2) is 9.37 Å². The van der Waals surface area contributed by atoms with Crippen LogP contribution in [0.2, 0.25) is 0 Å². The number of halogens is 1. The number of hydrogen-bond donors (Lipinski definition) is 1. The molecule has 7 heteroatoms. The summed E-state index contributed by atoms with van der Waals surface area (Å²) < 4.78 is 13.3. The normalized spacial score (nSPS) is 14.5. The van der Waals surface area contributed by atoms with Crippen molar-refractivity contribution in [1.82, 2.24) is 14.8 Å². The number of pyridine rings is 1. The molecule has 166 valence electrons. The van der Waals surface area contributed by atoms with E-state index in [0.717, 1.165) is 36.9 Å². The summed E-state index contributed by atoms with van der Waals surface area (Å²) in [6.45, 7) is 2.56. The Morgan fingerprint density at radius 3 is 2.45 bits per heavy atom. The SMILES string of the molecule is Cc1cccc(NC(=O)CN(C)CC(=O)N(Cc2ccc(F)cc2)C2CCCCC2)n1. The third-order valence-electron chi connectivity index (χ3n) is 5.58. The highest BCUT2D eigenvalue weighted by Crippen LogP contribution is 2.24. The van der Waals surface area contributed by atoms with Gasteiger partial charge in [0.2, 0.25) is 11.8 Å². The number of aryl methyl sites for hydroxylation is 1. The van der Waals surface area contributed by atoms with Crippen LogP contribution >= 0.6 is 0 Å². The number of carbonyl (C=O) groups is 2. The zero-order valence-electron chi connectivity index (χ0n) is 18.3. The number of nitrogens with one attached hydrogen (secondary N) is 1. The van der Waals surface area contributed by atoms with Crippen molar-refractivity contribution in [2.45, 2.75) is 51.6 Å². The van der Waals surface area contributed by atoms with Crippen LogP contribution in [0.4, 0.5) is 10.2 Å². The fraction of sp³-hybridized carbons (Fsp3) is 0.458. The summed E-state index contributed by atoms with van der Waals surface area (Å²) in [5.41, 5.74) is 1.73. The summed E-state index contributed by atoms with van der Waals surface area (Å²) in [5, 5.41) is 2.77. The smallest absolute Gasteiger partial charge is 0.239 e. The Morgan fingerprint density at radius 2 is 1.77 bits per heavy atom. The molecule has 0 unspecified atom stereocenters. The number of amides is 2. The zero-order chi connectivity index (χ0) is 22.2. The monoisotopic (exact) mass is 426 g/mol. The van der Waals surface area contributed by atoms with Crippen LogP contribution in [0.25, 0.3) is 0 Å². The minimum Gasteiger partial charge on any atom is -0.334 e. The molecule has 2 aromatic rings. The van der Waals surface area contributed by atoms with Gasteiger partial charge in [-0.2, -0.15) is 0 Å². The Labute approximate surface area is 183 Å². The maximum Gasteiger partial charge on any atom is 0.239 e. The molecule has 0 spiro atoms. The second-order valence-electron chi connectivity index (χ2n) is 8.32. The van der Waals surface area contributed by atoms with Crippen LogP contribution < -0.4 is 5.32 Å². The summed E-state index contributed by atoms with van der Waals surface area (Å²) >= 11 is 0. The van der Waals surface area contributed by atoms with Crippen molar-refractivity contribution in [2.24, 2.45) is 0 Å². The predicted molar refractivity (Wildman–Crippen MR) is 119 cm³/mol. The molecule has 2 amide bonds. The molecule has 1 aliphatic rings. The topological polar surface area (TPSA) is 65.5 Å². The molecular weight excluding hydrogens is 395 g/mol. The first-order chi connectivity index (χ1) is 14.9. The summed E-state index contributed by atoms with van der Waals surface area (Å²) in [5.74, 6) is -0.00522. The molecule has 0 atom stereocenters. The molecule has 1 fully saturated rings. The van der Waals surface area contributed by atoms with Gasteiger partial charge in [0.05, 0.1) is 13.1 Å². The third kappa shape index (κ3) is 7.14. The lowest BCUT2D eigenvalue weighted by atomic mass is 9.93. The highest BCUT2D eigenvalue weighted by atomic mass is 19.1. The first-order valence-corrected chi connectivity index (χ1v) is 10.9. The average Bonchev–Trinajstić information content (AvgIpc) is 2.73. The van der Waals surface area contributed by atoms with E-state index in [4.69, 9.17) is 0 Å². The quantitative estimate of drug-likeness (QED) is 0.698. The molecule has 6 nitrogen and oxygen atoms in total. The van der Waals surface area contributed by atoms with Gasteiger partial charge in [0.25, 0.3) is 0 Å². The molecule has 31 heavy (non-hydrogen) atoms. The molecule has 1 aromatic carbocycles. The lowest BCUT2D eigenvalue weighted by Crippen LogP contribution is -2.46. The number of rotatable bonds is 8. The van der Waals surface area contributed by atoms with Gasteiger partial charge in [-0.15, -0.1) is 0 Å². The van der Waals surface area contributed by atoms with Crippen LogP contribution in [-0.2, 0) is 16.1 Å². The lowest BCUT2D eigenvalue weighted by molar-refractivity contribution is -0.136. The molecule has 1 heterocycles. The van der Waals surface area contributed by atoms with Crippen molar-refractivity contribution in [1.29, 1.82) is 0 Å². The second-order valence-corrected chi connectivity index (χ2v) is 8.32. The van der Waals surface area contributed by atoms with Gasteiger partial charge in [-0.1, -0.05) is 37.5 Å². The Morgan fingerprint density at radius 1 is 1.06 bits per heavy atom. The number of carbonyl (C=O) groups excluding carboxylic acids is 2. The van der Waals surface area contributed by atoms with Crippen LogP contribution in [0, 0.1) is 12.7 Å². The summed E-state index contributed by atoms with van der Waals surface area (Å²) in [6, 6.07) is 11.9. The predicted octanol–water partition coefficient (Wildman–Crippen LogP) is 3.76. The summed E-state index contributed by atoms with van der Waals surface area (Å²) in [6.07, 6.45) is 5.38. The summed E-state index contributed by atoms with van der Waals surface area (Å²) in [4.78, 5) is 33.4. The van der Waals surface area contributed by atoms with Crippen molar-refractivity contribution in [3.63, 3.8) is 0 Å². The van der Waals surface area contributed by atoms with E-state index < -0.39 is 0 Å². The maximum atomic E-state index is 13.3. The van der Waals surface area contributed by atoms with E-state index in [0.29, 0.717) is 12.4 Å². The first kappa shape index (κ1) is 22.9. The molecule has 0 radical (unpaired) electrons. The van der Waals surface area contributed by atoms with E-state index in [1.807, 2.05) is 24.0 Å². The number of nitrogens with zero attached hydrogens (tertiary/aromatic N) is 3. The molecule has 1 aliphatic carbocycles. The zero-order valence-corrected chi connectivity index (χ0v) is 18.3. The lowest BCUT2D eigenvalue weighted by Gasteiger charge is -2.35. The van der Waals surface area contributed by atoms with E-state index in [9.17, 15) is 14.0 Å². The number of hydrogen-bond acceptors (Lipinski definition) is 4. The van der Waals surface area contributed by atoms with Crippen molar-refractivity contribution >= 4 is 17.6 Å². The van der Waals surface area contributed by atoms with Gasteiger partial charge >= 0.3 is 0 Å². The number of benzene rings is 1. The highest BCUT2D eigenvalue weighted by Gasteiger charge is 2.26. The van der Waals surface area contributed by atoms with Crippen molar-refractivity contribution in [3.8, 4) is 0 Å². The van der Waals surface area contributed by atoms with Crippen molar-refractivity contribution in [3.05, 3.63) is 59.5 Å². The molecular formula is C24H31FN4O2. The van der Waals surface area contributed by atoms with Gasteiger partial charge < -0.3 is 10.2 Å². The molecule has 0 bridgehead atoms. The fourth-order valence-corrected chi connectivity index (χ4v) is 4.02. The third-order valence-corrected chi connectivity index (χ3v) is 5.58. The van der Waals surface area contributed by atoms with E-state index in [1.54, 1.807) is 30.1 Å². The highest BCUT2D eigenvalue weighted by molar-refractivity contribution is 5.91. The minimum atomic E-state index is -0.284. The van der Waals surface area contributed by atoms with Crippen molar-refractivity contribution < 1.29 is 14.0 Å². The van der Waals surface area contributed by atoms with Crippen LogP contribution in [0.5, 0.6) is 0 Å². The first-order valence-electron chi connectivity index (χ1n) is 10.9. The molecule has 0 saturated heterocycles. The Bertz CT molecular complexity index is 881. The van der Waals surface area contributed by atoms with Crippen molar-refractivity contribution in [2.75, 3.05) is 25.5 Å². The van der Waals surface area contributed by atoms with Crippen LogP contribution in [-0.4, -0.2) is 52.8 Å². The Hall–Kier alpha value is -2.80. The van der Waals surface area contributed by atoms with Crippen LogP contribution in [0.3, 0.4) is 0 Å². The Balaban J connectivity index is 1.60. The van der Waals surface area contributed by atoms with E-state index in [1.165, 1.54) is 18.6 Å². The minimum absolute atomic E-state index is 0.0137. The van der Waals surface area contributed by atoms with Gasteiger partial charge in [0, 0.05) is 18.3 Å². The molecule has 1 saturated carbocycles. The van der Waals surface area contributed by atoms with Gasteiger partial charge in [-0.05, 0) is 56.6 Å². The number of likely N-dealkylation sites (N-methyl/N-ethyl adjacent to an activating group) is 1. The van der Waals surface area contributed by atoms with Crippen LogP contribution in [0.15, 0.2) is 42.5 Å². The molecule has 1 aromatic heterocycles. The number of anilines is 1. The van der Waals surface area contributed by atoms with Gasteiger partial charge in [0.1, 0.15) is 11.6 Å². The van der Waals surface area contributed by atoms with Crippen LogP contribution in [0.1, 0.15) is 43.4 Å². The maximum absolute atomic E-state index is 13.3. The Kier molecular flexibility index (Phi) is 8.12. The fourth-order valence-electron chi connectivity index (χ4n) is 4.02. The molecule has 3 rings (SSSR count). The second kappa shape index (κ2) is 11.0. The molecule has 0 aliphatic heterocycles. The number of aromatic nitrogens is 1. The van der Waals surface area contributed by atoms with E-state index in [2.05, 4.69) is 10.3 Å². The van der Waals surface area contributed by atoms with E-state index >= 15 is 0 Å².